The Morgan fingerprint density at radius 3 is 0.984 bits per heavy atom. The predicted octanol–water partition coefficient (Wildman–Crippen LogP) is 18.1. The summed E-state index contributed by atoms with van der Waals surface area (Å²) in [6.45, 7) is 6.71. The van der Waals surface area contributed by atoms with E-state index in [1.54, 1.807) is 0 Å². The average molecular weight is 813 g/mol. The maximum absolute atomic E-state index is 2.46. The molecule has 0 nitrogen and oxygen atoms in total. The predicted molar refractivity (Wildman–Crippen MR) is 278 cm³/mol. The zero-order chi connectivity index (χ0) is 42.4. The van der Waals surface area contributed by atoms with E-state index in [0.29, 0.717) is 0 Å². The molecule has 13 aromatic carbocycles. The van der Waals surface area contributed by atoms with Gasteiger partial charge in [0.1, 0.15) is 0 Å². The van der Waals surface area contributed by atoms with E-state index >= 15 is 0 Å². The molecule has 0 atom stereocenters. The lowest BCUT2D eigenvalue weighted by molar-refractivity contribution is 1.14. The molecule has 0 unspecified atom stereocenters. The summed E-state index contributed by atoms with van der Waals surface area (Å²) in [7, 11) is 0. The number of benzene rings is 13. The van der Waals surface area contributed by atoms with Gasteiger partial charge >= 0.3 is 0 Å². The molecule has 0 saturated heterocycles. The summed E-state index contributed by atoms with van der Waals surface area (Å²) in [6.07, 6.45) is 3.10. The molecule has 0 aromatic heterocycles. The maximum atomic E-state index is 2.46. The first-order valence-corrected chi connectivity index (χ1v) is 23.3. The zero-order valence-electron chi connectivity index (χ0n) is 36.4. The normalized spacial score (nSPS) is 12.5. The molecule has 0 fully saturated rings. The molecule has 13 aromatic rings. The van der Waals surface area contributed by atoms with Gasteiger partial charge in [0.25, 0.3) is 0 Å². The summed E-state index contributed by atoms with van der Waals surface area (Å²) in [5.74, 6) is 0. The van der Waals surface area contributed by atoms with Crippen LogP contribution in [0.15, 0.2) is 176 Å². The van der Waals surface area contributed by atoms with Crippen molar-refractivity contribution >= 4 is 86.2 Å². The number of hydrogen-bond acceptors (Lipinski definition) is 0. The monoisotopic (exact) mass is 812 g/mol. The van der Waals surface area contributed by atoms with Crippen LogP contribution < -0.4 is 0 Å². The van der Waals surface area contributed by atoms with Gasteiger partial charge in [-0.25, -0.2) is 0 Å². The molecule has 14 rings (SSSR count). The molecule has 300 valence electrons. The Balaban J connectivity index is 1.08. The quantitative estimate of drug-likeness (QED) is 0.116. The summed E-state index contributed by atoms with van der Waals surface area (Å²) < 4.78 is 0. The van der Waals surface area contributed by atoms with E-state index in [2.05, 4.69) is 197 Å². The van der Waals surface area contributed by atoms with Crippen molar-refractivity contribution in [1.29, 1.82) is 0 Å². The van der Waals surface area contributed by atoms with E-state index in [1.165, 1.54) is 159 Å². The van der Waals surface area contributed by atoms with Crippen LogP contribution in [0.4, 0.5) is 0 Å². The molecule has 64 heavy (non-hydrogen) atoms. The molecule has 0 amide bonds. The minimum absolute atomic E-state index is 1.02. The highest BCUT2D eigenvalue weighted by Crippen LogP contribution is 2.60. The van der Waals surface area contributed by atoms with Gasteiger partial charge in [0.15, 0.2) is 0 Å². The van der Waals surface area contributed by atoms with Gasteiger partial charge in [-0.1, -0.05) is 197 Å². The topological polar surface area (TPSA) is 0 Å². The lowest BCUT2D eigenvalue weighted by atomic mass is 9.82. The van der Waals surface area contributed by atoms with Crippen LogP contribution in [-0.2, 0) is 19.3 Å². The molecule has 1 aliphatic carbocycles. The minimum atomic E-state index is 1.02. The van der Waals surface area contributed by atoms with Gasteiger partial charge in [0.05, 0.1) is 0 Å². The van der Waals surface area contributed by atoms with Crippen LogP contribution in [0.2, 0.25) is 0 Å². The van der Waals surface area contributed by atoms with E-state index < -0.39 is 0 Å². The highest BCUT2D eigenvalue weighted by atomic mass is 14.3. The molecule has 0 heterocycles. The van der Waals surface area contributed by atoms with Gasteiger partial charge in [0.2, 0.25) is 0 Å². The van der Waals surface area contributed by atoms with Crippen molar-refractivity contribution in [2.24, 2.45) is 0 Å². The van der Waals surface area contributed by atoms with Crippen molar-refractivity contribution in [1.82, 2.24) is 0 Å². The summed E-state index contributed by atoms with van der Waals surface area (Å²) in [5.41, 5.74) is 17.3. The van der Waals surface area contributed by atoms with E-state index in [-0.39, 0.29) is 0 Å². The van der Waals surface area contributed by atoms with E-state index in [0.717, 1.165) is 19.3 Å². The smallest absolute Gasteiger partial charge is 0.000740 e. The Kier molecular flexibility index (Phi) is 7.45. The van der Waals surface area contributed by atoms with Crippen LogP contribution in [0, 0.1) is 0 Å². The van der Waals surface area contributed by atoms with Crippen LogP contribution in [-0.4, -0.2) is 0 Å². The molecule has 0 bridgehead atoms. The first-order chi connectivity index (χ1) is 31.6. The summed E-state index contributed by atoms with van der Waals surface area (Å²) in [5, 5.41) is 21.5. The Hall–Kier alpha value is -7.54. The largest absolute Gasteiger partial charge is 0.0616 e. The Labute approximate surface area is 372 Å². The fraction of sp³-hybridized carbons (Fsp3) is 0.0938. The molecule has 0 N–H and O–H groups in total. The highest BCUT2D eigenvalue weighted by Gasteiger charge is 2.32. The highest BCUT2D eigenvalue weighted by molar-refractivity contribution is 6.44. The summed E-state index contributed by atoms with van der Waals surface area (Å²) >= 11 is 0. The van der Waals surface area contributed by atoms with Gasteiger partial charge in [-0.2, -0.15) is 0 Å². The van der Waals surface area contributed by atoms with Crippen molar-refractivity contribution in [3.05, 3.63) is 193 Å². The fourth-order valence-electron chi connectivity index (χ4n) is 12.2. The fourth-order valence-corrected chi connectivity index (χ4v) is 12.2. The second-order valence-corrected chi connectivity index (χ2v) is 18.2. The Morgan fingerprint density at radius 2 is 0.547 bits per heavy atom. The third-order valence-electron chi connectivity index (χ3n) is 15.3. The molecule has 0 spiro atoms. The van der Waals surface area contributed by atoms with Crippen LogP contribution in [0.3, 0.4) is 0 Å². The molecule has 0 radical (unpaired) electrons. The molecular formula is C64H44. The van der Waals surface area contributed by atoms with Crippen molar-refractivity contribution in [3.63, 3.8) is 0 Å². The summed E-state index contributed by atoms with van der Waals surface area (Å²) in [6, 6.07) is 68.3. The van der Waals surface area contributed by atoms with Gasteiger partial charge in [0, 0.05) is 0 Å². The van der Waals surface area contributed by atoms with Gasteiger partial charge in [-0.3, -0.25) is 0 Å². The number of fused-ring (bicyclic) bond motifs is 8. The van der Waals surface area contributed by atoms with Crippen LogP contribution in [0.1, 0.15) is 37.5 Å². The van der Waals surface area contributed by atoms with Crippen molar-refractivity contribution in [2.45, 2.75) is 40.0 Å². The van der Waals surface area contributed by atoms with Crippen molar-refractivity contribution < 1.29 is 0 Å². The first kappa shape index (κ1) is 36.0. The third kappa shape index (κ3) is 4.68. The Bertz CT molecular complexity index is 3870. The van der Waals surface area contributed by atoms with Gasteiger partial charge < -0.3 is 0 Å². The SMILES string of the molecule is CCc1ccc(-c2c3c(c(-c4ccc(CC)cc4)c4ccccc24)-c2ccc4c5ccc6c7ccc(-c8ccc(CC)cc8)c8cccc(c9ccc(c%10ccc-3c2c%104)c5c96)c87)cc1. The lowest BCUT2D eigenvalue weighted by Gasteiger charge is -2.20. The van der Waals surface area contributed by atoms with E-state index in [9.17, 15) is 0 Å². The number of rotatable bonds is 6. The number of hydrogen-bond donors (Lipinski definition) is 0. The van der Waals surface area contributed by atoms with Crippen molar-refractivity contribution in [2.75, 3.05) is 0 Å². The Morgan fingerprint density at radius 1 is 0.219 bits per heavy atom. The van der Waals surface area contributed by atoms with Crippen molar-refractivity contribution in [3.8, 4) is 55.6 Å². The van der Waals surface area contributed by atoms with Gasteiger partial charge in [-0.15, -0.1) is 0 Å². The second-order valence-electron chi connectivity index (χ2n) is 18.2. The molecule has 0 saturated carbocycles. The molecule has 1 aliphatic rings. The minimum Gasteiger partial charge on any atom is -0.0616 e. The molecular weight excluding hydrogens is 769 g/mol. The third-order valence-corrected chi connectivity index (χ3v) is 15.3. The maximum Gasteiger partial charge on any atom is -0.000740 e. The zero-order valence-corrected chi connectivity index (χ0v) is 36.4. The van der Waals surface area contributed by atoms with Crippen LogP contribution in [0.5, 0.6) is 0 Å². The summed E-state index contributed by atoms with van der Waals surface area (Å²) in [4.78, 5) is 0. The first-order valence-electron chi connectivity index (χ1n) is 23.3. The van der Waals surface area contributed by atoms with E-state index in [1.807, 2.05) is 0 Å². The van der Waals surface area contributed by atoms with E-state index in [4.69, 9.17) is 0 Å². The lowest BCUT2D eigenvalue weighted by Crippen LogP contribution is -1.94. The standard InChI is InChI=1S/C64H44/c1-4-36-14-20-39(21-15-36)42-26-27-47-49-29-31-51-53-33-35-55-62-54(34-32-52(61(53)62)50-30-28-48(59(49)60(50)51)46-13-9-12-43(42)58(46)47)63-56(40-22-16-37(5-2)17-23-40)44-10-7-8-11-45(44)57(64(55)63)41-24-18-38(6-3)19-25-41/h7-35H,4-6H2,1-3H3. The average Bonchev–Trinajstić information content (AvgIpc) is 3.69. The van der Waals surface area contributed by atoms with Crippen LogP contribution >= 0.6 is 0 Å². The molecule has 0 aliphatic heterocycles. The second kappa shape index (κ2) is 13.2. The molecule has 0 heteroatoms. The number of aryl methyl sites for hydroxylation is 3. The van der Waals surface area contributed by atoms with Gasteiger partial charge in [-0.05, 0) is 178 Å². The van der Waals surface area contributed by atoms with Crippen LogP contribution in [0.25, 0.3) is 142 Å².